The molecule has 0 saturated carbocycles. The Morgan fingerprint density at radius 2 is 1.29 bits per heavy atom. The molecule has 1 aromatic carbocycles. The van der Waals surface area contributed by atoms with Gasteiger partial charge >= 0.3 is 31.0 Å². The molecule has 0 spiro atoms. The molecule has 2 rings (SSSR count). The number of alkyl halides is 5. The molecule has 0 aliphatic carbocycles. The molecule has 4 nitrogen and oxygen atoms in total. The van der Waals surface area contributed by atoms with Gasteiger partial charge in [0, 0.05) is 0 Å². The molecule has 0 N–H and O–H groups in total. The van der Waals surface area contributed by atoms with Crippen molar-refractivity contribution in [2.45, 2.75) is 18.3 Å². The number of hydrogen-bond donors (Lipinski definition) is 0. The Balaban J connectivity index is 0.00000220. The fraction of sp³-hybridized carbons (Fsp3) is 0.273. The maximum atomic E-state index is 13.2. The normalized spacial score (nSPS) is 14.0. The Kier molecular flexibility index (Phi) is 4.43. The van der Waals surface area contributed by atoms with E-state index in [1.807, 2.05) is 0 Å². The van der Waals surface area contributed by atoms with Crippen molar-refractivity contribution < 1.29 is 22.0 Å². The molecule has 1 heterocycles. The van der Waals surface area contributed by atoms with Gasteiger partial charge in [0.05, 0.1) is 11.1 Å². The molecule has 0 amide bonds. The van der Waals surface area contributed by atoms with Crippen LogP contribution >= 0.6 is 0 Å². The molecule has 0 fully saturated rings. The minimum absolute atomic E-state index is 0. The third-order valence-corrected chi connectivity index (χ3v) is 2.60. The Labute approximate surface area is 126 Å². The zero-order chi connectivity index (χ0) is 15.1. The van der Waals surface area contributed by atoms with Crippen molar-refractivity contribution >= 4 is 18.9 Å². The van der Waals surface area contributed by atoms with Crippen LogP contribution in [0.1, 0.15) is 11.1 Å². The van der Waals surface area contributed by atoms with Crippen molar-refractivity contribution in [2.75, 3.05) is 0 Å². The van der Waals surface area contributed by atoms with Crippen LogP contribution in [-0.4, -0.2) is 37.1 Å². The number of fused-ring (bicyclic) bond motifs is 1. The quantitative estimate of drug-likeness (QED) is 0.560. The van der Waals surface area contributed by atoms with Crippen LogP contribution in [0.15, 0.2) is 22.1 Å². The van der Waals surface area contributed by atoms with Crippen LogP contribution in [0.5, 0.6) is 0 Å². The molecule has 0 saturated heterocycles. The average molecular weight is 294 g/mol. The van der Waals surface area contributed by atoms with Gasteiger partial charge in [-0.3, -0.25) is 0 Å². The van der Waals surface area contributed by atoms with Crippen LogP contribution in [0.3, 0.4) is 0 Å². The van der Waals surface area contributed by atoms with Gasteiger partial charge in [-0.05, 0) is 12.1 Å². The second-order valence-corrected chi connectivity index (χ2v) is 3.83. The van der Waals surface area contributed by atoms with E-state index in [-0.39, 0.29) is 30.0 Å². The van der Waals surface area contributed by atoms with Gasteiger partial charge in [-0.15, -0.1) is 0 Å². The topological polar surface area (TPSA) is 72.3 Å². The second-order valence-electron chi connectivity index (χ2n) is 3.83. The van der Waals surface area contributed by atoms with Gasteiger partial charge in [0.25, 0.3) is 0 Å². The first-order chi connectivity index (χ1) is 9.22. The number of benzene rings is 1. The average Bonchev–Trinajstić information content (AvgIpc) is 2.81. The van der Waals surface area contributed by atoms with E-state index in [2.05, 4.69) is 9.98 Å². The summed E-state index contributed by atoms with van der Waals surface area (Å²) in [5.41, 5.74) is -0.438. The van der Waals surface area contributed by atoms with Crippen LogP contribution in [0.2, 0.25) is 0 Å². The van der Waals surface area contributed by atoms with E-state index in [0.29, 0.717) is 0 Å². The zero-order valence-corrected chi connectivity index (χ0v) is 9.41. The number of hydrogen-bond acceptors (Lipinski definition) is 4. The second kappa shape index (κ2) is 5.44. The van der Waals surface area contributed by atoms with Crippen molar-refractivity contribution in [3.8, 4) is 12.1 Å². The SMILES string of the molecule is N#Cc1ccc(C#N)c2c1=NC(C(F)(F)C(F)(F)F)N=2.[LiH]. The molecule has 21 heavy (non-hydrogen) atoms. The molecule has 0 atom stereocenters. The minimum atomic E-state index is -5.83. The third kappa shape index (κ3) is 2.63. The van der Waals surface area contributed by atoms with E-state index in [1.165, 1.54) is 0 Å². The van der Waals surface area contributed by atoms with Crippen LogP contribution in [0.25, 0.3) is 0 Å². The standard InChI is InChI=1S/C11H3F5N4.Li.H/c12-10(13,11(14,15)16)9-19-7-5(3-17)1-2-6(4-18)8(7)20-9;;/h1-2,9H;;. The molecule has 104 valence electrons. The number of halogens is 5. The van der Waals surface area contributed by atoms with E-state index < -0.39 is 29.0 Å². The summed E-state index contributed by atoms with van der Waals surface area (Å²) >= 11 is 0. The van der Waals surface area contributed by atoms with Crippen LogP contribution in [0.4, 0.5) is 22.0 Å². The van der Waals surface area contributed by atoms with Crippen LogP contribution in [0, 0.1) is 22.7 Å². The van der Waals surface area contributed by atoms with E-state index in [0.717, 1.165) is 12.1 Å². The van der Waals surface area contributed by atoms with Gasteiger partial charge < -0.3 is 0 Å². The van der Waals surface area contributed by atoms with Gasteiger partial charge in [0.2, 0.25) is 6.17 Å². The van der Waals surface area contributed by atoms with Crippen molar-refractivity contribution in [1.82, 2.24) is 0 Å². The fourth-order valence-corrected chi connectivity index (χ4v) is 1.60. The summed E-state index contributed by atoms with van der Waals surface area (Å²) in [4.78, 5) is 6.32. The van der Waals surface area contributed by atoms with Crippen molar-refractivity contribution in [2.24, 2.45) is 9.98 Å². The Morgan fingerprint density at radius 1 is 0.905 bits per heavy atom. The number of rotatable bonds is 1. The molecule has 1 aliphatic heterocycles. The van der Waals surface area contributed by atoms with Gasteiger partial charge in [-0.1, -0.05) is 0 Å². The van der Waals surface area contributed by atoms with Crippen molar-refractivity contribution in [3.05, 3.63) is 34.0 Å². The van der Waals surface area contributed by atoms with Crippen LogP contribution in [-0.2, 0) is 0 Å². The summed E-state index contributed by atoms with van der Waals surface area (Å²) in [5.74, 6) is -5.18. The van der Waals surface area contributed by atoms with E-state index in [9.17, 15) is 22.0 Å². The predicted octanol–water partition coefficient (Wildman–Crippen LogP) is 0.558. The first-order valence-corrected chi connectivity index (χ1v) is 5.06. The zero-order valence-electron chi connectivity index (χ0n) is 9.41. The Hall–Kier alpha value is -1.95. The molecule has 10 heteroatoms. The van der Waals surface area contributed by atoms with Crippen molar-refractivity contribution in [3.63, 3.8) is 0 Å². The Bertz CT molecular complexity index is 719. The summed E-state index contributed by atoms with van der Waals surface area (Å²) in [6, 6.07) is 5.43. The first kappa shape index (κ1) is 17.1. The molecule has 1 aliphatic rings. The predicted molar refractivity (Wildman–Crippen MR) is 60.1 cm³/mol. The fourth-order valence-electron chi connectivity index (χ4n) is 1.60. The first-order valence-electron chi connectivity index (χ1n) is 5.06. The third-order valence-electron chi connectivity index (χ3n) is 2.60. The molecule has 0 radical (unpaired) electrons. The van der Waals surface area contributed by atoms with Gasteiger partial charge in [0.15, 0.2) is 0 Å². The van der Waals surface area contributed by atoms with Crippen LogP contribution < -0.4 is 10.7 Å². The van der Waals surface area contributed by atoms with Gasteiger partial charge in [0.1, 0.15) is 22.9 Å². The molecule has 1 aromatic rings. The Morgan fingerprint density at radius 3 is 1.57 bits per heavy atom. The van der Waals surface area contributed by atoms with E-state index >= 15 is 0 Å². The molecule has 0 bridgehead atoms. The maximum absolute atomic E-state index is 13.2. The molecule has 0 unspecified atom stereocenters. The monoisotopic (exact) mass is 294 g/mol. The van der Waals surface area contributed by atoms with Gasteiger partial charge in [-0.25, -0.2) is 9.98 Å². The molecular weight excluding hydrogens is 290 g/mol. The summed E-state index contributed by atoms with van der Waals surface area (Å²) in [5, 5.41) is 16.7. The van der Waals surface area contributed by atoms with Gasteiger partial charge in [-0.2, -0.15) is 32.5 Å². The summed E-state index contributed by atoms with van der Waals surface area (Å²) in [6.45, 7) is 0. The van der Waals surface area contributed by atoms with E-state index in [4.69, 9.17) is 10.5 Å². The number of nitriles is 2. The number of nitrogens with zero attached hydrogens (tertiary/aromatic N) is 4. The molecular formula is C11H4F5LiN4. The molecule has 0 aromatic heterocycles. The van der Waals surface area contributed by atoms with E-state index in [1.54, 1.807) is 12.1 Å². The summed E-state index contributed by atoms with van der Waals surface area (Å²) in [6.07, 6.45) is -8.55. The summed E-state index contributed by atoms with van der Waals surface area (Å²) in [7, 11) is 0. The van der Waals surface area contributed by atoms with Crippen molar-refractivity contribution in [1.29, 1.82) is 10.5 Å². The summed E-state index contributed by atoms with van der Waals surface area (Å²) < 4.78 is 63.2.